The zero-order chi connectivity index (χ0) is 30.5. The van der Waals surface area contributed by atoms with E-state index in [0.717, 1.165) is 17.5 Å². The number of nitrogens with zero attached hydrogens (tertiary/aromatic N) is 2. The standard InChI is InChI=1S/C29H41N3O6.C2H6/c1-10-20-13-32(14-30-19(6)33)22(12-21-17(4)26(35)29(38-9)18(5)25(21)34)24(31(20)7)23-15(2)11-16(3)28(37-8)27(23)36;1-2/h11,20,22,24,36H,10,12-14H2,1-9H3,(H,30,33);1-2H3/t20-,22?,24-;/m0./s1. The van der Waals surface area contributed by atoms with Crippen LogP contribution in [-0.2, 0) is 19.1 Å². The Morgan fingerprint density at radius 2 is 1.68 bits per heavy atom. The number of methoxy groups -OCH3 is 2. The first-order valence-corrected chi connectivity index (χ1v) is 14.0. The summed E-state index contributed by atoms with van der Waals surface area (Å²) >= 11 is 0. The summed E-state index contributed by atoms with van der Waals surface area (Å²) in [5, 5.41) is 14.4. The van der Waals surface area contributed by atoms with Crippen LogP contribution in [-0.4, -0.2) is 78.9 Å². The van der Waals surface area contributed by atoms with E-state index < -0.39 is 0 Å². The monoisotopic (exact) mass is 557 g/mol. The number of hydrogen-bond donors (Lipinski definition) is 2. The van der Waals surface area contributed by atoms with E-state index in [4.69, 9.17) is 9.47 Å². The van der Waals surface area contributed by atoms with Crippen LogP contribution >= 0.6 is 0 Å². The zero-order valence-corrected chi connectivity index (χ0v) is 26.0. The van der Waals surface area contributed by atoms with E-state index in [-0.39, 0.29) is 65.8 Å². The lowest BCUT2D eigenvalue weighted by Crippen LogP contribution is -2.60. The maximum Gasteiger partial charge on any atom is 0.224 e. The molecule has 1 aromatic rings. The van der Waals surface area contributed by atoms with Crippen molar-refractivity contribution in [2.24, 2.45) is 0 Å². The van der Waals surface area contributed by atoms with E-state index in [9.17, 15) is 19.5 Å². The van der Waals surface area contributed by atoms with Gasteiger partial charge < -0.3 is 19.9 Å². The Balaban J connectivity index is 0.00000274. The van der Waals surface area contributed by atoms with Gasteiger partial charge in [0, 0.05) is 47.8 Å². The van der Waals surface area contributed by atoms with Crippen molar-refractivity contribution in [3.63, 3.8) is 0 Å². The van der Waals surface area contributed by atoms with E-state index >= 15 is 0 Å². The number of carbonyl (C=O) groups excluding carboxylic acids is 3. The van der Waals surface area contributed by atoms with Gasteiger partial charge in [-0.25, -0.2) is 0 Å². The molecule has 9 nitrogen and oxygen atoms in total. The first kappa shape index (κ1) is 33.0. The Bertz CT molecular complexity index is 1200. The van der Waals surface area contributed by atoms with Gasteiger partial charge in [0.25, 0.3) is 0 Å². The maximum absolute atomic E-state index is 13.5. The van der Waals surface area contributed by atoms with Gasteiger partial charge in [-0.15, -0.1) is 0 Å². The molecule has 40 heavy (non-hydrogen) atoms. The van der Waals surface area contributed by atoms with Crippen molar-refractivity contribution < 1.29 is 29.0 Å². The molecule has 3 rings (SSSR count). The summed E-state index contributed by atoms with van der Waals surface area (Å²) in [7, 11) is 4.95. The van der Waals surface area contributed by atoms with Gasteiger partial charge in [0.2, 0.25) is 11.7 Å². The van der Waals surface area contributed by atoms with Gasteiger partial charge in [-0.1, -0.05) is 26.8 Å². The molecule has 222 valence electrons. The maximum atomic E-state index is 13.5. The number of carbonyl (C=O) groups is 3. The highest BCUT2D eigenvalue weighted by Gasteiger charge is 2.44. The number of hydrogen-bond acceptors (Lipinski definition) is 8. The molecule has 1 saturated heterocycles. The summed E-state index contributed by atoms with van der Waals surface area (Å²) in [4.78, 5) is 42.9. The Hall–Kier alpha value is -3.17. The molecule has 1 aliphatic carbocycles. The van der Waals surface area contributed by atoms with E-state index in [2.05, 4.69) is 22.0 Å². The molecule has 0 spiro atoms. The Kier molecular flexibility index (Phi) is 11.5. The topological polar surface area (TPSA) is 108 Å². The number of amides is 1. The third-order valence-corrected chi connectivity index (χ3v) is 8.05. The van der Waals surface area contributed by atoms with Crippen LogP contribution in [0.25, 0.3) is 0 Å². The Morgan fingerprint density at radius 1 is 1.05 bits per heavy atom. The molecule has 3 atom stereocenters. The molecule has 9 heteroatoms. The molecule has 0 saturated carbocycles. The van der Waals surface area contributed by atoms with Crippen molar-refractivity contribution in [1.29, 1.82) is 0 Å². The molecule has 0 radical (unpaired) electrons. The number of ether oxygens (including phenoxy) is 2. The molecule has 1 amide bonds. The Morgan fingerprint density at radius 3 is 2.20 bits per heavy atom. The number of aryl methyl sites for hydroxylation is 2. The number of nitrogens with one attached hydrogen (secondary N) is 1. The first-order chi connectivity index (χ1) is 18.9. The SMILES string of the molecule is CC.CC[C@H]1CN(CNC(C)=O)C(CC2=C(C)C(=O)C(OC)=C(C)C2=O)[C@@H](c2c(C)cc(C)c(OC)c2O)N1C. The quantitative estimate of drug-likeness (QED) is 0.454. The number of likely N-dealkylation sites (N-methyl/N-ethyl adjacent to an activating group) is 1. The fourth-order valence-electron chi connectivity index (χ4n) is 5.95. The van der Waals surface area contributed by atoms with Gasteiger partial charge in [0.1, 0.15) is 0 Å². The van der Waals surface area contributed by atoms with Crippen LogP contribution in [0.15, 0.2) is 28.5 Å². The van der Waals surface area contributed by atoms with Crippen LogP contribution in [0.1, 0.15) is 77.1 Å². The van der Waals surface area contributed by atoms with Gasteiger partial charge in [-0.2, -0.15) is 0 Å². The van der Waals surface area contributed by atoms with Crippen molar-refractivity contribution in [2.75, 3.05) is 34.5 Å². The highest BCUT2D eigenvalue weighted by molar-refractivity contribution is 6.24. The second kappa shape index (κ2) is 13.9. The molecular weight excluding hydrogens is 510 g/mol. The van der Waals surface area contributed by atoms with Crippen LogP contribution in [0.3, 0.4) is 0 Å². The fourth-order valence-corrected chi connectivity index (χ4v) is 5.95. The number of phenols is 1. The minimum atomic E-state index is -0.353. The zero-order valence-electron chi connectivity index (χ0n) is 26.0. The lowest BCUT2D eigenvalue weighted by Gasteiger charge is -2.51. The molecule has 1 unspecified atom stereocenters. The van der Waals surface area contributed by atoms with Gasteiger partial charge in [-0.3, -0.25) is 24.2 Å². The number of aromatic hydroxyl groups is 1. The largest absolute Gasteiger partial charge is 0.504 e. The molecule has 2 aliphatic rings. The van der Waals surface area contributed by atoms with Gasteiger partial charge >= 0.3 is 0 Å². The molecule has 1 fully saturated rings. The first-order valence-electron chi connectivity index (χ1n) is 14.0. The van der Waals surface area contributed by atoms with E-state index in [1.165, 1.54) is 21.1 Å². The summed E-state index contributed by atoms with van der Waals surface area (Å²) in [6.45, 7) is 15.6. The normalized spacial score (nSPS) is 22.2. The summed E-state index contributed by atoms with van der Waals surface area (Å²) in [6, 6.07) is 1.42. The molecule has 0 aromatic heterocycles. The van der Waals surface area contributed by atoms with Crippen molar-refractivity contribution in [1.82, 2.24) is 15.1 Å². The predicted molar refractivity (Wildman–Crippen MR) is 156 cm³/mol. The number of piperazine rings is 1. The van der Waals surface area contributed by atoms with Crippen LogP contribution < -0.4 is 10.1 Å². The molecular formula is C31H47N3O6. The van der Waals surface area contributed by atoms with E-state index in [1.807, 2.05) is 40.8 Å². The Labute approximate surface area is 239 Å². The molecule has 1 aromatic carbocycles. The van der Waals surface area contributed by atoms with Crippen molar-refractivity contribution >= 4 is 17.5 Å². The van der Waals surface area contributed by atoms with Crippen LogP contribution in [0.4, 0.5) is 0 Å². The number of ketones is 2. The smallest absolute Gasteiger partial charge is 0.224 e. The minimum absolute atomic E-state index is 0.0672. The fraction of sp³-hybridized carbons (Fsp3) is 0.581. The molecule has 2 N–H and O–H groups in total. The van der Waals surface area contributed by atoms with Crippen LogP contribution in [0, 0.1) is 13.8 Å². The average molecular weight is 558 g/mol. The summed E-state index contributed by atoms with van der Waals surface area (Å²) in [6.07, 6.45) is 1.10. The second-order valence-electron chi connectivity index (χ2n) is 10.3. The summed E-state index contributed by atoms with van der Waals surface area (Å²) < 4.78 is 10.8. The number of benzene rings is 1. The molecule has 0 bridgehead atoms. The van der Waals surface area contributed by atoms with E-state index in [1.54, 1.807) is 13.8 Å². The average Bonchev–Trinajstić information content (AvgIpc) is 2.92. The highest BCUT2D eigenvalue weighted by atomic mass is 16.5. The van der Waals surface area contributed by atoms with Crippen molar-refractivity contribution in [3.05, 3.63) is 45.2 Å². The predicted octanol–water partition coefficient (Wildman–Crippen LogP) is 4.35. The third kappa shape index (κ3) is 6.25. The third-order valence-electron chi connectivity index (χ3n) is 8.05. The highest BCUT2D eigenvalue weighted by Crippen LogP contribution is 2.46. The molecule has 1 heterocycles. The summed E-state index contributed by atoms with van der Waals surface area (Å²) in [5.41, 5.74) is 3.50. The lowest BCUT2D eigenvalue weighted by molar-refractivity contribution is -0.121. The summed E-state index contributed by atoms with van der Waals surface area (Å²) in [5.74, 6) is -0.126. The number of phenolic OH excluding ortho intramolecular Hbond substituents is 1. The number of Topliss-reactive ketones (excluding diaryl/α,β-unsaturated/α-hetero) is 2. The second-order valence-corrected chi connectivity index (χ2v) is 10.3. The van der Waals surface area contributed by atoms with Crippen LogP contribution in [0.5, 0.6) is 11.5 Å². The van der Waals surface area contributed by atoms with Crippen LogP contribution in [0.2, 0.25) is 0 Å². The van der Waals surface area contributed by atoms with E-state index in [0.29, 0.717) is 29.0 Å². The van der Waals surface area contributed by atoms with Crippen molar-refractivity contribution in [2.45, 2.75) is 86.4 Å². The lowest BCUT2D eigenvalue weighted by atomic mass is 9.80. The molecule has 1 aliphatic heterocycles. The number of rotatable bonds is 8. The van der Waals surface area contributed by atoms with Gasteiger partial charge in [-0.05, 0) is 58.7 Å². The van der Waals surface area contributed by atoms with Gasteiger partial charge in [0.15, 0.2) is 23.0 Å². The minimum Gasteiger partial charge on any atom is -0.504 e. The van der Waals surface area contributed by atoms with Crippen molar-refractivity contribution in [3.8, 4) is 11.5 Å². The number of allylic oxidation sites excluding steroid dienone is 2. The van der Waals surface area contributed by atoms with Gasteiger partial charge in [0.05, 0.1) is 26.9 Å².